The van der Waals surface area contributed by atoms with E-state index >= 15 is 0 Å². The first-order valence-corrected chi connectivity index (χ1v) is 35.5. The fourth-order valence-corrected chi connectivity index (χ4v) is 11.3. The van der Waals surface area contributed by atoms with Crippen LogP contribution in [0.2, 0.25) is 0 Å². The summed E-state index contributed by atoms with van der Waals surface area (Å²) in [5.41, 5.74) is 0. The number of ether oxygens (including phenoxy) is 3. The van der Waals surface area contributed by atoms with E-state index in [4.69, 9.17) is 14.2 Å². The molecule has 0 bridgehead atoms. The molecule has 0 aliphatic rings. The highest BCUT2D eigenvalue weighted by molar-refractivity contribution is 5.71. The van der Waals surface area contributed by atoms with E-state index in [0.29, 0.717) is 19.3 Å². The Morgan fingerprint density at radius 1 is 0.208 bits per heavy atom. The Hall–Kier alpha value is -1.59. The van der Waals surface area contributed by atoms with Crippen LogP contribution in [0.1, 0.15) is 419 Å². The van der Waals surface area contributed by atoms with E-state index < -0.39 is 6.10 Å². The Bertz CT molecular complexity index is 1160. The van der Waals surface area contributed by atoms with Gasteiger partial charge in [-0.3, -0.25) is 14.4 Å². The molecular weight excluding hydrogens is 949 g/mol. The van der Waals surface area contributed by atoms with Crippen LogP contribution in [-0.2, 0) is 28.6 Å². The summed E-state index contributed by atoms with van der Waals surface area (Å²) < 4.78 is 17.0. The Labute approximate surface area is 482 Å². The second kappa shape index (κ2) is 66.9. The first-order valence-electron chi connectivity index (χ1n) is 35.5. The van der Waals surface area contributed by atoms with E-state index in [1.54, 1.807) is 0 Å². The summed E-state index contributed by atoms with van der Waals surface area (Å²) in [6.45, 7) is 6.74. The lowest BCUT2D eigenvalue weighted by molar-refractivity contribution is -0.167. The van der Waals surface area contributed by atoms with Crippen molar-refractivity contribution in [3.8, 4) is 0 Å². The molecule has 458 valence electrons. The number of carbonyl (C=O) groups is 3. The smallest absolute Gasteiger partial charge is 0.306 e. The number of hydrogen-bond donors (Lipinski definition) is 0. The largest absolute Gasteiger partial charge is 0.462 e. The predicted octanol–water partition coefficient (Wildman–Crippen LogP) is 24.2. The molecule has 0 saturated carbocycles. The summed E-state index contributed by atoms with van der Waals surface area (Å²) >= 11 is 0. The number of hydrogen-bond acceptors (Lipinski definition) is 6. The van der Waals surface area contributed by atoms with Gasteiger partial charge in [-0.2, -0.15) is 0 Å². The Balaban J connectivity index is 4.17. The zero-order valence-corrected chi connectivity index (χ0v) is 52.8. The minimum atomic E-state index is -0.763. The Morgan fingerprint density at radius 2 is 0.351 bits per heavy atom. The van der Waals surface area contributed by atoms with Crippen molar-refractivity contribution in [2.75, 3.05) is 13.2 Å². The molecule has 0 heterocycles. The van der Waals surface area contributed by atoms with E-state index in [2.05, 4.69) is 20.8 Å². The molecule has 6 heteroatoms. The maximum Gasteiger partial charge on any atom is 0.306 e. The van der Waals surface area contributed by atoms with Crippen LogP contribution in [0.25, 0.3) is 0 Å². The number of unbranched alkanes of at least 4 members (excludes halogenated alkanes) is 56. The fraction of sp³-hybridized carbons (Fsp3) is 0.958. The zero-order valence-electron chi connectivity index (χ0n) is 52.8. The van der Waals surface area contributed by atoms with Gasteiger partial charge in [0.25, 0.3) is 0 Å². The fourth-order valence-electron chi connectivity index (χ4n) is 11.3. The Morgan fingerprint density at radius 3 is 0.519 bits per heavy atom. The predicted molar refractivity (Wildman–Crippen MR) is 335 cm³/mol. The topological polar surface area (TPSA) is 78.9 Å². The standard InChI is InChI=1S/C71H138O6/c1-4-7-10-13-16-19-22-25-28-31-32-33-34-35-36-37-38-39-40-41-44-46-49-52-55-58-61-64-70(73)76-67-68(77-71(74)65-62-59-56-53-50-47-43-30-27-24-21-18-15-12-9-6-3)66-75-69(72)63-60-57-54-51-48-45-42-29-26-23-20-17-14-11-8-5-2/h68H,4-67H2,1-3H3. The highest BCUT2D eigenvalue weighted by atomic mass is 16.6. The molecule has 0 aromatic rings. The van der Waals surface area contributed by atoms with Crippen LogP contribution in [0.5, 0.6) is 0 Å². The van der Waals surface area contributed by atoms with E-state index in [9.17, 15) is 14.4 Å². The van der Waals surface area contributed by atoms with Gasteiger partial charge in [0, 0.05) is 19.3 Å². The van der Waals surface area contributed by atoms with Crippen LogP contribution in [0.4, 0.5) is 0 Å². The quantitative estimate of drug-likeness (QED) is 0.0343. The zero-order chi connectivity index (χ0) is 55.7. The van der Waals surface area contributed by atoms with Crippen molar-refractivity contribution in [3.63, 3.8) is 0 Å². The molecule has 1 atom stereocenters. The molecule has 0 amide bonds. The summed E-state index contributed by atoms with van der Waals surface area (Å²) in [4.78, 5) is 38.4. The molecule has 0 saturated heterocycles. The van der Waals surface area contributed by atoms with Gasteiger partial charge in [-0.05, 0) is 19.3 Å². The van der Waals surface area contributed by atoms with E-state index in [1.807, 2.05) is 0 Å². The monoisotopic (exact) mass is 1090 g/mol. The lowest BCUT2D eigenvalue weighted by Crippen LogP contribution is -2.30. The maximum atomic E-state index is 12.9. The highest BCUT2D eigenvalue weighted by Gasteiger charge is 2.19. The SMILES string of the molecule is CCCCCCCCCCCCCCCCCCCCCCCCCCCCCC(=O)OCC(COC(=O)CCCCCCCCCCCCCCCCCC)OC(=O)CCCCCCCCCCCCCCCCCC. The molecule has 0 spiro atoms. The summed E-state index contributed by atoms with van der Waals surface area (Å²) in [5.74, 6) is -0.819. The second-order valence-corrected chi connectivity index (χ2v) is 24.5. The second-order valence-electron chi connectivity index (χ2n) is 24.5. The van der Waals surface area contributed by atoms with Crippen molar-refractivity contribution in [2.45, 2.75) is 425 Å². The van der Waals surface area contributed by atoms with Crippen molar-refractivity contribution < 1.29 is 28.6 Å². The maximum absolute atomic E-state index is 12.9. The van der Waals surface area contributed by atoms with Gasteiger partial charge in [0.1, 0.15) is 13.2 Å². The third kappa shape index (κ3) is 65.1. The van der Waals surface area contributed by atoms with Gasteiger partial charge in [0.15, 0.2) is 6.10 Å². The van der Waals surface area contributed by atoms with Crippen LogP contribution >= 0.6 is 0 Å². The normalized spacial score (nSPS) is 11.9. The Kier molecular flexibility index (Phi) is 65.5. The molecule has 0 aromatic carbocycles. The molecule has 0 radical (unpaired) electrons. The molecule has 0 fully saturated rings. The average molecular weight is 1090 g/mol. The van der Waals surface area contributed by atoms with Crippen molar-refractivity contribution in [3.05, 3.63) is 0 Å². The molecular formula is C71H138O6. The van der Waals surface area contributed by atoms with Crippen molar-refractivity contribution in [1.29, 1.82) is 0 Å². The molecule has 0 aliphatic heterocycles. The van der Waals surface area contributed by atoms with Gasteiger partial charge in [-0.25, -0.2) is 0 Å². The molecule has 77 heavy (non-hydrogen) atoms. The van der Waals surface area contributed by atoms with Gasteiger partial charge in [-0.15, -0.1) is 0 Å². The van der Waals surface area contributed by atoms with Gasteiger partial charge in [0.2, 0.25) is 0 Å². The van der Waals surface area contributed by atoms with Gasteiger partial charge in [0.05, 0.1) is 0 Å². The average Bonchev–Trinajstić information content (AvgIpc) is 3.43. The molecule has 0 aliphatic carbocycles. The van der Waals surface area contributed by atoms with Gasteiger partial charge >= 0.3 is 17.9 Å². The van der Waals surface area contributed by atoms with Crippen LogP contribution in [-0.4, -0.2) is 37.2 Å². The first-order chi connectivity index (χ1) is 38.0. The summed E-state index contributed by atoms with van der Waals surface area (Å²) in [5, 5.41) is 0. The number of esters is 3. The van der Waals surface area contributed by atoms with Crippen LogP contribution in [0.3, 0.4) is 0 Å². The molecule has 0 N–H and O–H groups in total. The number of rotatable bonds is 67. The third-order valence-electron chi connectivity index (χ3n) is 16.6. The van der Waals surface area contributed by atoms with Gasteiger partial charge in [-0.1, -0.05) is 380 Å². The number of carbonyl (C=O) groups excluding carboxylic acids is 3. The minimum absolute atomic E-state index is 0.0602. The molecule has 6 nitrogen and oxygen atoms in total. The molecule has 1 unspecified atom stereocenters. The van der Waals surface area contributed by atoms with Crippen molar-refractivity contribution in [2.24, 2.45) is 0 Å². The highest BCUT2D eigenvalue weighted by Crippen LogP contribution is 2.19. The first kappa shape index (κ1) is 75.4. The van der Waals surface area contributed by atoms with Crippen LogP contribution < -0.4 is 0 Å². The van der Waals surface area contributed by atoms with Crippen LogP contribution in [0.15, 0.2) is 0 Å². The molecule has 0 aromatic heterocycles. The summed E-state index contributed by atoms with van der Waals surface area (Å²) in [6.07, 6.45) is 78.5. The lowest BCUT2D eigenvalue weighted by atomic mass is 10.0. The van der Waals surface area contributed by atoms with E-state index in [-0.39, 0.29) is 31.1 Å². The van der Waals surface area contributed by atoms with E-state index in [1.165, 1.54) is 321 Å². The summed E-state index contributed by atoms with van der Waals surface area (Å²) in [6, 6.07) is 0. The van der Waals surface area contributed by atoms with Gasteiger partial charge < -0.3 is 14.2 Å². The summed E-state index contributed by atoms with van der Waals surface area (Å²) in [7, 11) is 0. The van der Waals surface area contributed by atoms with E-state index in [0.717, 1.165) is 57.8 Å². The molecule has 0 rings (SSSR count). The van der Waals surface area contributed by atoms with Crippen molar-refractivity contribution >= 4 is 17.9 Å². The van der Waals surface area contributed by atoms with Crippen molar-refractivity contribution in [1.82, 2.24) is 0 Å². The third-order valence-corrected chi connectivity index (χ3v) is 16.6. The minimum Gasteiger partial charge on any atom is -0.462 e. The van der Waals surface area contributed by atoms with Crippen LogP contribution in [0, 0.1) is 0 Å². The lowest BCUT2D eigenvalue weighted by Gasteiger charge is -2.18.